The first-order valence-electron chi connectivity index (χ1n) is 9.82. The Morgan fingerprint density at radius 3 is 2.71 bits per heavy atom. The highest BCUT2D eigenvalue weighted by Crippen LogP contribution is 2.66. The summed E-state index contributed by atoms with van der Waals surface area (Å²) in [5.41, 5.74) is 0.247. The predicted octanol–water partition coefficient (Wildman–Crippen LogP) is 4.94. The van der Waals surface area contributed by atoms with Gasteiger partial charge >= 0.3 is 0 Å². The standard InChI is InChI=1S/C21H31ClO2/c1-12-10-13-11-14(23)6-8-20(13,2)16-7-9-21(3)15(18(12)16)4-5-17(22)19(21)24/h5,12-13,15-16,18-19,24H,4,6-11H2,1-3H3/t12-,13+,15+,16+,18+,19+,20+,21+/m1/s1. The second-order valence-electron chi connectivity index (χ2n) is 9.72. The number of halogens is 1. The van der Waals surface area contributed by atoms with Gasteiger partial charge in [-0.15, -0.1) is 0 Å². The number of allylic oxidation sites excluding steroid dienone is 1. The third-order valence-electron chi connectivity index (χ3n) is 8.73. The highest BCUT2D eigenvalue weighted by atomic mass is 35.5. The smallest absolute Gasteiger partial charge is 0.133 e. The van der Waals surface area contributed by atoms with E-state index < -0.39 is 6.10 Å². The van der Waals surface area contributed by atoms with Gasteiger partial charge in [-0.3, -0.25) is 4.79 Å². The van der Waals surface area contributed by atoms with E-state index in [9.17, 15) is 9.90 Å². The maximum absolute atomic E-state index is 12.0. The Balaban J connectivity index is 1.70. The number of ketones is 1. The van der Waals surface area contributed by atoms with Crippen LogP contribution in [0.4, 0.5) is 0 Å². The Morgan fingerprint density at radius 1 is 1.21 bits per heavy atom. The number of aliphatic hydroxyl groups is 1. The number of aliphatic hydroxyl groups excluding tert-OH is 1. The van der Waals surface area contributed by atoms with Crippen molar-refractivity contribution in [2.75, 3.05) is 0 Å². The van der Waals surface area contributed by atoms with Crippen molar-refractivity contribution in [3.8, 4) is 0 Å². The van der Waals surface area contributed by atoms with E-state index in [4.69, 9.17) is 11.6 Å². The molecule has 134 valence electrons. The lowest BCUT2D eigenvalue weighted by atomic mass is 9.41. The van der Waals surface area contributed by atoms with Gasteiger partial charge in [-0.1, -0.05) is 38.4 Å². The molecule has 0 saturated heterocycles. The molecule has 0 heterocycles. The van der Waals surface area contributed by atoms with Crippen LogP contribution in [0.25, 0.3) is 0 Å². The van der Waals surface area contributed by atoms with Crippen molar-refractivity contribution >= 4 is 17.4 Å². The lowest BCUT2D eigenvalue weighted by Crippen LogP contribution is -2.59. The van der Waals surface area contributed by atoms with E-state index in [0.29, 0.717) is 45.8 Å². The van der Waals surface area contributed by atoms with Crippen LogP contribution in [0.1, 0.15) is 65.7 Å². The summed E-state index contributed by atoms with van der Waals surface area (Å²) in [7, 11) is 0. The molecule has 0 amide bonds. The first-order chi connectivity index (χ1) is 11.3. The highest BCUT2D eigenvalue weighted by Gasteiger charge is 2.60. The maximum atomic E-state index is 12.0. The second-order valence-corrected chi connectivity index (χ2v) is 10.2. The van der Waals surface area contributed by atoms with E-state index in [1.54, 1.807) is 0 Å². The van der Waals surface area contributed by atoms with Crippen molar-refractivity contribution < 1.29 is 9.90 Å². The summed E-state index contributed by atoms with van der Waals surface area (Å²) >= 11 is 6.32. The van der Waals surface area contributed by atoms with E-state index in [0.717, 1.165) is 32.1 Å². The van der Waals surface area contributed by atoms with Gasteiger partial charge in [0.15, 0.2) is 0 Å². The number of carbonyl (C=O) groups is 1. The number of Topliss-reactive ketones (excluding diaryl/α,β-unsaturated/α-hetero) is 1. The van der Waals surface area contributed by atoms with Crippen LogP contribution in [-0.2, 0) is 4.79 Å². The van der Waals surface area contributed by atoms with Gasteiger partial charge in [-0.05, 0) is 67.1 Å². The lowest BCUT2D eigenvalue weighted by Gasteiger charge is -2.64. The van der Waals surface area contributed by atoms with Gasteiger partial charge in [0.25, 0.3) is 0 Å². The molecule has 0 radical (unpaired) electrons. The quantitative estimate of drug-likeness (QED) is 0.672. The molecule has 8 atom stereocenters. The average Bonchev–Trinajstić information content (AvgIpc) is 2.53. The van der Waals surface area contributed by atoms with Crippen molar-refractivity contribution in [1.29, 1.82) is 0 Å². The van der Waals surface area contributed by atoms with Crippen molar-refractivity contribution in [3.05, 3.63) is 11.1 Å². The fraction of sp³-hybridized carbons (Fsp3) is 0.857. The molecule has 4 aliphatic rings. The van der Waals surface area contributed by atoms with Crippen LogP contribution in [0.5, 0.6) is 0 Å². The second kappa shape index (κ2) is 5.58. The molecule has 0 aromatic carbocycles. The van der Waals surface area contributed by atoms with Gasteiger partial charge < -0.3 is 5.11 Å². The van der Waals surface area contributed by atoms with Gasteiger partial charge in [0.1, 0.15) is 5.78 Å². The third-order valence-corrected chi connectivity index (χ3v) is 9.09. The van der Waals surface area contributed by atoms with Crippen LogP contribution in [0.2, 0.25) is 0 Å². The molecule has 0 bridgehead atoms. The molecule has 1 N–H and O–H groups in total. The van der Waals surface area contributed by atoms with E-state index >= 15 is 0 Å². The summed E-state index contributed by atoms with van der Waals surface area (Å²) in [5.74, 6) is 3.59. The minimum Gasteiger partial charge on any atom is -0.387 e. The van der Waals surface area contributed by atoms with E-state index in [-0.39, 0.29) is 5.41 Å². The van der Waals surface area contributed by atoms with Crippen LogP contribution in [0.3, 0.4) is 0 Å². The fourth-order valence-electron chi connectivity index (χ4n) is 7.23. The summed E-state index contributed by atoms with van der Waals surface area (Å²) in [6.07, 6.45) is 8.68. The molecule has 0 unspecified atom stereocenters. The van der Waals surface area contributed by atoms with Gasteiger partial charge in [-0.2, -0.15) is 0 Å². The average molecular weight is 351 g/mol. The SMILES string of the molecule is C[C@@H]1C[C@H]2CC(=O)CC[C@]2(C)[C@H]2CC[C@]3(C)[C@@H](O)C(Cl)=CC[C@H]3[C@H]12. The Labute approximate surface area is 151 Å². The normalized spacial score (nSPS) is 54.4. The molecule has 4 rings (SSSR count). The summed E-state index contributed by atoms with van der Waals surface area (Å²) in [5, 5.41) is 11.5. The minimum absolute atomic E-state index is 0.0745. The summed E-state index contributed by atoms with van der Waals surface area (Å²) < 4.78 is 0. The molecular formula is C21H31ClO2. The lowest BCUT2D eigenvalue weighted by molar-refractivity contribution is -0.163. The zero-order chi connectivity index (χ0) is 17.3. The van der Waals surface area contributed by atoms with Crippen molar-refractivity contribution in [1.82, 2.24) is 0 Å². The van der Waals surface area contributed by atoms with Gasteiger partial charge in [-0.25, -0.2) is 0 Å². The maximum Gasteiger partial charge on any atom is 0.133 e. The highest BCUT2D eigenvalue weighted by molar-refractivity contribution is 6.30. The number of rotatable bonds is 0. The zero-order valence-corrected chi connectivity index (χ0v) is 16.0. The number of carbonyl (C=O) groups excluding carboxylic acids is 1. The molecule has 0 aliphatic heterocycles. The fourth-order valence-corrected chi connectivity index (χ4v) is 7.57. The molecule has 4 aliphatic carbocycles. The Hall–Kier alpha value is -0.340. The first-order valence-corrected chi connectivity index (χ1v) is 10.2. The summed E-state index contributed by atoms with van der Waals surface area (Å²) in [4.78, 5) is 12.0. The summed E-state index contributed by atoms with van der Waals surface area (Å²) in [6.45, 7) is 7.13. The van der Waals surface area contributed by atoms with Crippen LogP contribution >= 0.6 is 11.6 Å². The zero-order valence-electron chi connectivity index (χ0n) is 15.2. The minimum atomic E-state index is -0.496. The van der Waals surface area contributed by atoms with Crippen LogP contribution in [0, 0.1) is 40.4 Å². The molecule has 0 spiro atoms. The molecule has 0 aromatic rings. The largest absolute Gasteiger partial charge is 0.387 e. The van der Waals surface area contributed by atoms with E-state index in [2.05, 4.69) is 26.8 Å². The van der Waals surface area contributed by atoms with Gasteiger partial charge in [0, 0.05) is 23.3 Å². The number of fused-ring (bicyclic) bond motifs is 5. The van der Waals surface area contributed by atoms with Crippen molar-refractivity contribution in [2.24, 2.45) is 40.4 Å². The van der Waals surface area contributed by atoms with Crippen molar-refractivity contribution in [2.45, 2.75) is 71.8 Å². The first kappa shape index (κ1) is 17.1. The third kappa shape index (κ3) is 2.21. The molecular weight excluding hydrogens is 320 g/mol. The topological polar surface area (TPSA) is 37.3 Å². The Morgan fingerprint density at radius 2 is 1.96 bits per heavy atom. The molecule has 3 fully saturated rings. The van der Waals surface area contributed by atoms with Gasteiger partial charge in [0.2, 0.25) is 0 Å². The molecule has 3 heteroatoms. The van der Waals surface area contributed by atoms with Gasteiger partial charge in [0.05, 0.1) is 6.10 Å². The van der Waals surface area contributed by atoms with Crippen LogP contribution < -0.4 is 0 Å². The van der Waals surface area contributed by atoms with E-state index in [1.807, 2.05) is 0 Å². The van der Waals surface area contributed by atoms with E-state index in [1.165, 1.54) is 12.8 Å². The molecule has 0 aromatic heterocycles. The Kier molecular flexibility index (Phi) is 3.97. The number of hydrogen-bond acceptors (Lipinski definition) is 2. The number of hydrogen-bond donors (Lipinski definition) is 1. The summed E-state index contributed by atoms with van der Waals surface area (Å²) in [6, 6.07) is 0. The van der Waals surface area contributed by atoms with Crippen molar-refractivity contribution in [3.63, 3.8) is 0 Å². The molecule has 3 saturated carbocycles. The van der Waals surface area contributed by atoms with Crippen LogP contribution in [0.15, 0.2) is 11.1 Å². The molecule has 24 heavy (non-hydrogen) atoms. The molecule has 2 nitrogen and oxygen atoms in total. The monoisotopic (exact) mass is 350 g/mol. The Bertz CT molecular complexity index is 584. The van der Waals surface area contributed by atoms with Crippen LogP contribution in [-0.4, -0.2) is 17.0 Å². The predicted molar refractivity (Wildman–Crippen MR) is 96.6 cm³/mol.